The lowest BCUT2D eigenvalue weighted by Gasteiger charge is -2.13. The molecule has 0 fully saturated rings. The van der Waals surface area contributed by atoms with E-state index in [2.05, 4.69) is 31.9 Å². The highest BCUT2D eigenvalue weighted by Gasteiger charge is 2.09. The first-order chi connectivity index (χ1) is 9.90. The number of hydrogen-bond acceptors (Lipinski definition) is 3. The van der Waals surface area contributed by atoms with Crippen LogP contribution in [0.1, 0.15) is 18.4 Å². The van der Waals surface area contributed by atoms with Crippen LogP contribution in [0.25, 0.3) is 0 Å². The van der Waals surface area contributed by atoms with Crippen LogP contribution in [0.2, 0.25) is 5.02 Å². The maximum absolute atomic E-state index is 10.4. The first kappa shape index (κ1) is 18.3. The lowest BCUT2D eigenvalue weighted by molar-refractivity contribution is -0.137. The van der Waals surface area contributed by atoms with Crippen LogP contribution < -0.4 is 9.47 Å². The summed E-state index contributed by atoms with van der Waals surface area (Å²) < 4.78 is 11.9. The second kappa shape index (κ2) is 9.33. The Balaban J connectivity index is 2.62. The molecule has 7 heteroatoms. The summed E-state index contributed by atoms with van der Waals surface area (Å²) in [4.78, 5) is 10.4. The normalized spacial score (nSPS) is 10.1. The Bertz CT molecular complexity index is 505. The summed E-state index contributed by atoms with van der Waals surface area (Å²) in [6, 6.07) is 3.51. The van der Waals surface area contributed by atoms with Crippen LogP contribution in [0, 0.1) is 6.92 Å². The van der Waals surface area contributed by atoms with E-state index in [9.17, 15) is 4.79 Å². The molecule has 4 nitrogen and oxygen atoms in total. The molecule has 1 aromatic carbocycles. The number of aliphatic carboxylic acids is 1. The van der Waals surface area contributed by atoms with Crippen LogP contribution in [-0.2, 0) is 4.79 Å². The molecule has 0 bridgehead atoms. The summed E-state index contributed by atoms with van der Waals surface area (Å²) in [6.45, 7) is 2.58. The Morgan fingerprint density at radius 3 is 2.67 bits per heavy atom. The van der Waals surface area contributed by atoms with Crippen LogP contribution in [0.4, 0.5) is 0 Å². The van der Waals surface area contributed by atoms with E-state index in [0.29, 0.717) is 36.2 Å². The van der Waals surface area contributed by atoms with Crippen molar-refractivity contribution in [2.75, 3.05) is 13.2 Å². The summed E-state index contributed by atoms with van der Waals surface area (Å²) in [5.41, 5.74) is 0.842. The highest BCUT2D eigenvalue weighted by molar-refractivity contribution is 9.28. The highest BCUT2D eigenvalue weighted by Crippen LogP contribution is 2.33. The fourth-order valence-corrected chi connectivity index (χ4v) is 2.14. The molecule has 1 N–H and O–H groups in total. The zero-order valence-electron chi connectivity index (χ0n) is 11.4. The van der Waals surface area contributed by atoms with E-state index in [0.717, 1.165) is 8.96 Å². The number of carboxylic acid groups (broad SMARTS) is 1. The van der Waals surface area contributed by atoms with Gasteiger partial charge in [0.1, 0.15) is 18.1 Å². The van der Waals surface area contributed by atoms with Crippen molar-refractivity contribution < 1.29 is 19.4 Å². The molecule has 0 saturated heterocycles. The van der Waals surface area contributed by atoms with Gasteiger partial charge in [-0.3, -0.25) is 4.79 Å². The van der Waals surface area contributed by atoms with Gasteiger partial charge in [-0.05, 0) is 62.9 Å². The van der Waals surface area contributed by atoms with Crippen molar-refractivity contribution in [3.05, 3.63) is 32.2 Å². The van der Waals surface area contributed by atoms with E-state index in [1.165, 1.54) is 0 Å². The molecular weight excluding hydrogens is 427 g/mol. The minimum Gasteiger partial charge on any atom is -0.492 e. The van der Waals surface area contributed by atoms with Gasteiger partial charge in [-0.15, -0.1) is 0 Å². The van der Waals surface area contributed by atoms with Crippen LogP contribution in [0.5, 0.6) is 11.5 Å². The second-order valence-corrected chi connectivity index (χ2v) is 7.38. The average Bonchev–Trinajstić information content (AvgIpc) is 2.36. The van der Waals surface area contributed by atoms with E-state index in [1.807, 2.05) is 19.1 Å². The largest absolute Gasteiger partial charge is 0.492 e. The first-order valence-electron chi connectivity index (χ1n) is 6.19. The van der Waals surface area contributed by atoms with E-state index in [1.54, 1.807) is 6.07 Å². The van der Waals surface area contributed by atoms with E-state index >= 15 is 0 Å². The SMILES string of the molecule is Cc1cc(OCC=C(Br)Br)cc(Cl)c1OCCCC(=O)O. The quantitative estimate of drug-likeness (QED) is 0.582. The van der Waals surface area contributed by atoms with Gasteiger partial charge in [-0.1, -0.05) is 11.6 Å². The predicted octanol–water partition coefficient (Wildman–Crippen LogP) is 4.90. The Kier molecular flexibility index (Phi) is 8.14. The van der Waals surface area contributed by atoms with Crippen LogP contribution in [0.3, 0.4) is 0 Å². The van der Waals surface area contributed by atoms with Gasteiger partial charge in [-0.25, -0.2) is 0 Å². The molecule has 0 aliphatic heterocycles. The average molecular weight is 443 g/mol. The van der Waals surface area contributed by atoms with Gasteiger partial charge in [0.2, 0.25) is 0 Å². The topological polar surface area (TPSA) is 55.8 Å². The van der Waals surface area contributed by atoms with E-state index in [4.69, 9.17) is 26.2 Å². The number of hydrogen-bond donors (Lipinski definition) is 1. The number of rotatable bonds is 8. The third-order valence-electron chi connectivity index (χ3n) is 2.47. The summed E-state index contributed by atoms with van der Waals surface area (Å²) in [5.74, 6) is 0.371. The maximum atomic E-state index is 10.4. The Morgan fingerprint density at radius 1 is 1.38 bits per heavy atom. The molecular formula is C14H15Br2ClO4. The molecule has 21 heavy (non-hydrogen) atoms. The monoisotopic (exact) mass is 440 g/mol. The fourth-order valence-electron chi connectivity index (χ4n) is 1.56. The minimum atomic E-state index is -0.837. The third-order valence-corrected chi connectivity index (χ3v) is 3.40. The van der Waals surface area contributed by atoms with Crippen LogP contribution in [-0.4, -0.2) is 24.3 Å². The van der Waals surface area contributed by atoms with Crippen molar-refractivity contribution in [2.45, 2.75) is 19.8 Å². The zero-order valence-corrected chi connectivity index (χ0v) is 15.3. The van der Waals surface area contributed by atoms with Gasteiger partial charge in [0.25, 0.3) is 0 Å². The molecule has 0 spiro atoms. The van der Waals surface area contributed by atoms with Crippen molar-refractivity contribution in [2.24, 2.45) is 0 Å². The van der Waals surface area contributed by atoms with Crippen molar-refractivity contribution in [3.8, 4) is 11.5 Å². The third kappa shape index (κ3) is 7.20. The number of carboxylic acids is 1. The van der Waals surface area contributed by atoms with Crippen molar-refractivity contribution >= 4 is 49.4 Å². The molecule has 0 radical (unpaired) electrons. The van der Waals surface area contributed by atoms with Gasteiger partial charge in [-0.2, -0.15) is 0 Å². The van der Waals surface area contributed by atoms with Gasteiger partial charge >= 0.3 is 5.97 Å². The molecule has 1 rings (SSSR count). The lowest BCUT2D eigenvalue weighted by atomic mass is 10.2. The number of benzene rings is 1. The van der Waals surface area contributed by atoms with Crippen LogP contribution >= 0.6 is 43.5 Å². The predicted molar refractivity (Wildman–Crippen MR) is 90.0 cm³/mol. The maximum Gasteiger partial charge on any atom is 0.303 e. The Morgan fingerprint density at radius 2 is 2.10 bits per heavy atom. The van der Waals surface area contributed by atoms with Gasteiger partial charge in [0.15, 0.2) is 0 Å². The van der Waals surface area contributed by atoms with E-state index < -0.39 is 5.97 Å². The molecule has 116 valence electrons. The summed E-state index contributed by atoms with van der Waals surface area (Å²) in [7, 11) is 0. The standard InChI is InChI=1S/C14H15Br2ClO4/c1-9-7-10(20-6-4-12(15)16)8-11(17)14(9)21-5-2-3-13(18)19/h4,7-8H,2-3,5-6H2,1H3,(H,18,19). The number of aryl methyl sites for hydroxylation is 1. The highest BCUT2D eigenvalue weighted by atomic mass is 79.9. The summed E-state index contributed by atoms with van der Waals surface area (Å²) >= 11 is 12.6. The molecule has 1 aromatic rings. The number of carbonyl (C=O) groups is 1. The first-order valence-corrected chi connectivity index (χ1v) is 8.15. The second-order valence-electron chi connectivity index (χ2n) is 4.20. The van der Waals surface area contributed by atoms with Gasteiger partial charge < -0.3 is 14.6 Å². The summed E-state index contributed by atoms with van der Waals surface area (Å²) in [5, 5.41) is 9.01. The van der Waals surface area contributed by atoms with Crippen molar-refractivity contribution in [1.29, 1.82) is 0 Å². The van der Waals surface area contributed by atoms with Crippen molar-refractivity contribution in [1.82, 2.24) is 0 Å². The van der Waals surface area contributed by atoms with Gasteiger partial charge in [0, 0.05) is 12.5 Å². The smallest absolute Gasteiger partial charge is 0.303 e. The van der Waals surface area contributed by atoms with E-state index in [-0.39, 0.29) is 6.42 Å². The zero-order chi connectivity index (χ0) is 15.8. The molecule has 0 unspecified atom stereocenters. The Hall–Kier alpha value is -0.720. The molecule has 0 saturated carbocycles. The molecule has 0 aliphatic rings. The minimum absolute atomic E-state index is 0.0750. The van der Waals surface area contributed by atoms with Gasteiger partial charge in [0.05, 0.1) is 15.0 Å². The van der Waals surface area contributed by atoms with Crippen LogP contribution in [0.15, 0.2) is 21.6 Å². The molecule has 0 amide bonds. The molecule has 0 aliphatic carbocycles. The molecule has 0 heterocycles. The lowest BCUT2D eigenvalue weighted by Crippen LogP contribution is -2.03. The number of halogens is 3. The molecule has 0 atom stereocenters. The van der Waals surface area contributed by atoms with Crippen molar-refractivity contribution in [3.63, 3.8) is 0 Å². The fraction of sp³-hybridized carbons (Fsp3) is 0.357. The Labute approximate surface area is 145 Å². The molecule has 0 aromatic heterocycles. The summed E-state index contributed by atoms with van der Waals surface area (Å²) in [6.07, 6.45) is 2.33. The number of ether oxygens (including phenoxy) is 2.